The van der Waals surface area contributed by atoms with Gasteiger partial charge in [-0.15, -0.1) is 0 Å². The molecule has 1 heterocycles. The van der Waals surface area contributed by atoms with Gasteiger partial charge in [-0.1, -0.05) is 35.3 Å². The molecule has 1 aliphatic rings. The largest absolute Gasteiger partial charge is 0.272 e. The summed E-state index contributed by atoms with van der Waals surface area (Å²) in [7, 11) is 0. The van der Waals surface area contributed by atoms with E-state index in [1.807, 2.05) is 0 Å². The Hall–Kier alpha value is -1.49. The molecule has 0 N–H and O–H groups in total. The molecule has 0 aliphatic carbocycles. The van der Waals surface area contributed by atoms with Gasteiger partial charge in [0.05, 0.1) is 21.2 Å². The molecule has 2 aromatic rings. The van der Waals surface area contributed by atoms with Gasteiger partial charge < -0.3 is 0 Å². The zero-order valence-electron chi connectivity index (χ0n) is 9.97. The van der Waals surface area contributed by atoms with E-state index in [4.69, 9.17) is 23.2 Å². The van der Waals surface area contributed by atoms with E-state index in [9.17, 15) is 9.59 Å². The number of halogens is 2. The van der Waals surface area contributed by atoms with Crippen molar-refractivity contribution in [3.05, 3.63) is 63.6 Å². The number of amides is 2. The van der Waals surface area contributed by atoms with Crippen LogP contribution in [-0.2, 0) is 0 Å². The molecule has 0 bridgehead atoms. The lowest BCUT2D eigenvalue weighted by Gasteiger charge is -2.12. The second-order valence-corrected chi connectivity index (χ2v) is 5.95. The van der Waals surface area contributed by atoms with Gasteiger partial charge in [0, 0.05) is 4.90 Å². The number of rotatable bonds is 2. The van der Waals surface area contributed by atoms with Crippen LogP contribution in [-0.4, -0.2) is 16.1 Å². The number of carbonyl (C=O) groups excluding carboxylic acids is 2. The number of benzene rings is 2. The highest BCUT2D eigenvalue weighted by Crippen LogP contribution is 2.35. The Labute approximate surface area is 129 Å². The van der Waals surface area contributed by atoms with Gasteiger partial charge in [0.1, 0.15) is 0 Å². The Balaban J connectivity index is 1.91. The van der Waals surface area contributed by atoms with Crippen LogP contribution in [0.2, 0.25) is 10.0 Å². The molecule has 0 unspecified atom stereocenters. The minimum atomic E-state index is -0.318. The van der Waals surface area contributed by atoms with Crippen LogP contribution in [0.4, 0.5) is 0 Å². The molecule has 0 atom stereocenters. The van der Waals surface area contributed by atoms with E-state index >= 15 is 0 Å². The highest BCUT2D eigenvalue weighted by molar-refractivity contribution is 7.98. The third-order valence-corrected chi connectivity index (χ3v) is 4.56. The van der Waals surface area contributed by atoms with Crippen molar-refractivity contribution < 1.29 is 9.59 Å². The van der Waals surface area contributed by atoms with Crippen LogP contribution < -0.4 is 0 Å². The number of imide groups is 1. The van der Waals surface area contributed by atoms with Crippen molar-refractivity contribution in [2.75, 3.05) is 0 Å². The lowest BCUT2D eigenvalue weighted by Crippen LogP contribution is -2.21. The first kappa shape index (κ1) is 13.5. The topological polar surface area (TPSA) is 37.4 Å². The first-order valence-corrected chi connectivity index (χ1v) is 7.21. The molecular weight excluding hydrogens is 317 g/mol. The summed E-state index contributed by atoms with van der Waals surface area (Å²) in [6.07, 6.45) is 0. The Morgan fingerprint density at radius 1 is 0.850 bits per heavy atom. The molecule has 0 saturated heterocycles. The van der Waals surface area contributed by atoms with E-state index in [0.29, 0.717) is 26.1 Å². The van der Waals surface area contributed by atoms with Crippen molar-refractivity contribution in [3.8, 4) is 0 Å². The van der Waals surface area contributed by atoms with Gasteiger partial charge in [0.25, 0.3) is 11.8 Å². The third-order valence-electron chi connectivity index (χ3n) is 2.84. The van der Waals surface area contributed by atoms with Gasteiger partial charge in [0.2, 0.25) is 0 Å². The van der Waals surface area contributed by atoms with Crippen molar-refractivity contribution >= 4 is 47.0 Å². The van der Waals surface area contributed by atoms with Crippen LogP contribution in [0.1, 0.15) is 20.7 Å². The summed E-state index contributed by atoms with van der Waals surface area (Å²) in [5.41, 5.74) is 0.843. The maximum absolute atomic E-state index is 12.2. The lowest BCUT2D eigenvalue weighted by molar-refractivity contribution is 0.0777. The summed E-state index contributed by atoms with van der Waals surface area (Å²) >= 11 is 12.8. The van der Waals surface area contributed by atoms with Crippen LogP contribution in [0.5, 0.6) is 0 Å². The summed E-state index contributed by atoms with van der Waals surface area (Å²) in [5.74, 6) is -0.636. The predicted octanol–water partition coefficient (Wildman–Crippen LogP) is 4.30. The van der Waals surface area contributed by atoms with Gasteiger partial charge in [0.15, 0.2) is 0 Å². The number of fused-ring (bicyclic) bond motifs is 1. The highest BCUT2D eigenvalue weighted by Gasteiger charge is 2.36. The van der Waals surface area contributed by atoms with Crippen molar-refractivity contribution in [2.24, 2.45) is 0 Å². The summed E-state index contributed by atoms with van der Waals surface area (Å²) < 4.78 is 1.13. The Morgan fingerprint density at radius 2 is 1.45 bits per heavy atom. The van der Waals surface area contributed by atoms with Crippen molar-refractivity contribution in [1.29, 1.82) is 0 Å². The SMILES string of the molecule is O=C1c2ccccc2C(=O)N1Sc1ccc(Cl)c(Cl)c1. The average Bonchev–Trinajstić information content (AvgIpc) is 2.69. The molecular formula is C14H7Cl2NO2S. The quantitative estimate of drug-likeness (QED) is 0.611. The number of hydrogen-bond donors (Lipinski definition) is 0. The van der Waals surface area contributed by atoms with Gasteiger partial charge in [-0.2, -0.15) is 0 Å². The fourth-order valence-electron chi connectivity index (χ4n) is 1.89. The average molecular weight is 324 g/mol. The third kappa shape index (κ3) is 2.20. The van der Waals surface area contributed by atoms with Gasteiger partial charge in [-0.3, -0.25) is 9.59 Å². The van der Waals surface area contributed by atoms with E-state index in [1.165, 1.54) is 0 Å². The Kier molecular flexibility index (Phi) is 3.46. The van der Waals surface area contributed by atoms with Gasteiger partial charge in [-0.05, 0) is 42.3 Å². The maximum atomic E-state index is 12.2. The van der Waals surface area contributed by atoms with Crippen molar-refractivity contribution in [1.82, 2.24) is 4.31 Å². The van der Waals surface area contributed by atoms with Crippen molar-refractivity contribution in [3.63, 3.8) is 0 Å². The zero-order valence-corrected chi connectivity index (χ0v) is 12.3. The van der Waals surface area contributed by atoms with Crippen LogP contribution in [0.25, 0.3) is 0 Å². The van der Waals surface area contributed by atoms with Gasteiger partial charge >= 0.3 is 0 Å². The van der Waals surface area contributed by atoms with E-state index in [2.05, 4.69) is 0 Å². The molecule has 100 valence electrons. The monoisotopic (exact) mass is 323 g/mol. The summed E-state index contributed by atoms with van der Waals surface area (Å²) in [6.45, 7) is 0. The first-order valence-electron chi connectivity index (χ1n) is 5.69. The minimum absolute atomic E-state index is 0.318. The van der Waals surface area contributed by atoms with Crippen LogP contribution in [0, 0.1) is 0 Å². The molecule has 0 saturated carbocycles. The maximum Gasteiger partial charge on any atom is 0.272 e. The molecule has 1 aliphatic heterocycles. The highest BCUT2D eigenvalue weighted by atomic mass is 35.5. The molecule has 0 aromatic heterocycles. The van der Waals surface area contributed by atoms with E-state index in [0.717, 1.165) is 16.3 Å². The molecule has 0 spiro atoms. The number of hydrogen-bond acceptors (Lipinski definition) is 3. The molecule has 20 heavy (non-hydrogen) atoms. The minimum Gasteiger partial charge on any atom is -0.268 e. The van der Waals surface area contributed by atoms with E-state index in [1.54, 1.807) is 42.5 Å². The molecule has 3 nitrogen and oxygen atoms in total. The van der Waals surface area contributed by atoms with Crippen LogP contribution >= 0.6 is 35.1 Å². The summed E-state index contributed by atoms with van der Waals surface area (Å²) in [5, 5.41) is 0.812. The summed E-state index contributed by atoms with van der Waals surface area (Å²) in [6, 6.07) is 11.7. The van der Waals surface area contributed by atoms with Crippen LogP contribution in [0.15, 0.2) is 47.4 Å². The number of carbonyl (C=O) groups is 2. The molecule has 0 fully saturated rings. The second kappa shape index (κ2) is 5.13. The lowest BCUT2D eigenvalue weighted by atomic mass is 10.1. The molecule has 0 radical (unpaired) electrons. The van der Waals surface area contributed by atoms with Crippen LogP contribution in [0.3, 0.4) is 0 Å². The zero-order chi connectivity index (χ0) is 14.3. The fraction of sp³-hybridized carbons (Fsp3) is 0. The summed E-state index contributed by atoms with van der Waals surface area (Å²) in [4.78, 5) is 25.1. The van der Waals surface area contributed by atoms with E-state index in [-0.39, 0.29) is 11.8 Å². The standard InChI is InChI=1S/C14H7Cl2NO2S/c15-11-6-5-8(7-12(11)16)20-17-13(18)9-3-1-2-4-10(9)14(17)19/h1-7H. The van der Waals surface area contributed by atoms with Crippen molar-refractivity contribution in [2.45, 2.75) is 4.90 Å². The smallest absolute Gasteiger partial charge is 0.268 e. The Morgan fingerprint density at radius 3 is 2.00 bits per heavy atom. The predicted molar refractivity (Wildman–Crippen MR) is 79.3 cm³/mol. The fourth-order valence-corrected chi connectivity index (χ4v) is 3.12. The molecule has 6 heteroatoms. The first-order chi connectivity index (χ1) is 9.58. The Bertz CT molecular complexity index is 698. The second-order valence-electron chi connectivity index (χ2n) is 4.12. The normalized spacial score (nSPS) is 13.8. The molecule has 3 rings (SSSR count). The number of nitrogens with zero attached hydrogens (tertiary/aromatic N) is 1. The van der Waals surface area contributed by atoms with E-state index < -0.39 is 0 Å². The molecule has 2 amide bonds. The van der Waals surface area contributed by atoms with Gasteiger partial charge in [-0.25, -0.2) is 4.31 Å². The molecule has 2 aromatic carbocycles.